The molecule has 0 bridgehead atoms. The Labute approximate surface area is 165 Å². The van der Waals surface area contributed by atoms with E-state index in [9.17, 15) is 9.59 Å². The topological polar surface area (TPSA) is 58.6 Å². The van der Waals surface area contributed by atoms with Crippen LogP contribution in [-0.4, -0.2) is 37.4 Å². The van der Waals surface area contributed by atoms with E-state index in [1.54, 1.807) is 32.3 Å². The Balaban J connectivity index is 2.07. The molecule has 2 aromatic carbocycles. The number of ether oxygens (including phenoxy) is 1. The molecule has 1 unspecified atom stereocenters. The number of para-hydroxylation sites is 1. The highest BCUT2D eigenvalue weighted by Gasteiger charge is 2.14. The van der Waals surface area contributed by atoms with Crippen LogP contribution in [0.2, 0.25) is 5.02 Å². The monoisotopic (exact) mass is 388 g/mol. The van der Waals surface area contributed by atoms with Crippen LogP contribution in [0.4, 0.5) is 5.69 Å². The third-order valence-electron chi connectivity index (χ3n) is 4.31. The van der Waals surface area contributed by atoms with Gasteiger partial charge in [-0.25, -0.2) is 0 Å². The minimum absolute atomic E-state index is 0.143. The van der Waals surface area contributed by atoms with Gasteiger partial charge in [-0.15, -0.1) is 0 Å². The SMILES string of the molecule is CCC(C)c1ccccc1OCC(=O)Nc1cc(C(=O)N(C)C)ccc1Cl. The van der Waals surface area contributed by atoms with Crippen LogP contribution in [-0.2, 0) is 4.79 Å². The van der Waals surface area contributed by atoms with Crippen molar-refractivity contribution in [2.24, 2.45) is 0 Å². The van der Waals surface area contributed by atoms with Gasteiger partial charge in [-0.2, -0.15) is 0 Å². The maximum atomic E-state index is 12.3. The van der Waals surface area contributed by atoms with Crippen LogP contribution >= 0.6 is 11.6 Å². The average molecular weight is 389 g/mol. The van der Waals surface area contributed by atoms with Crippen molar-refractivity contribution < 1.29 is 14.3 Å². The predicted octanol–water partition coefficient (Wildman–Crippen LogP) is 4.57. The van der Waals surface area contributed by atoms with Gasteiger partial charge in [0.05, 0.1) is 10.7 Å². The minimum Gasteiger partial charge on any atom is -0.483 e. The number of anilines is 1. The summed E-state index contributed by atoms with van der Waals surface area (Å²) < 4.78 is 5.72. The molecule has 0 aromatic heterocycles. The Morgan fingerprint density at radius 3 is 2.56 bits per heavy atom. The summed E-state index contributed by atoms with van der Waals surface area (Å²) in [6, 6.07) is 12.5. The van der Waals surface area contributed by atoms with Gasteiger partial charge in [0.2, 0.25) is 0 Å². The minimum atomic E-state index is -0.342. The van der Waals surface area contributed by atoms with Crippen LogP contribution in [0.1, 0.15) is 42.1 Å². The Kier molecular flexibility index (Phi) is 7.25. The van der Waals surface area contributed by atoms with E-state index in [0.717, 1.165) is 12.0 Å². The van der Waals surface area contributed by atoms with Crippen LogP contribution in [0.5, 0.6) is 5.75 Å². The summed E-state index contributed by atoms with van der Waals surface area (Å²) in [6.45, 7) is 4.09. The molecule has 2 rings (SSSR count). The van der Waals surface area contributed by atoms with Crippen molar-refractivity contribution in [1.29, 1.82) is 0 Å². The third kappa shape index (κ3) is 5.47. The summed E-state index contributed by atoms with van der Waals surface area (Å²) >= 11 is 6.15. The first-order valence-electron chi connectivity index (χ1n) is 8.86. The molecule has 144 valence electrons. The zero-order valence-electron chi connectivity index (χ0n) is 16.1. The molecule has 0 saturated carbocycles. The van der Waals surface area contributed by atoms with E-state index in [4.69, 9.17) is 16.3 Å². The standard InChI is InChI=1S/C21H25ClN2O3/c1-5-14(2)16-8-6-7-9-19(16)27-13-20(25)23-18-12-15(10-11-17(18)22)21(26)24(3)4/h6-12,14H,5,13H2,1-4H3,(H,23,25). The highest BCUT2D eigenvalue weighted by Crippen LogP contribution is 2.28. The van der Waals surface area contributed by atoms with Crippen LogP contribution in [0.25, 0.3) is 0 Å². The smallest absolute Gasteiger partial charge is 0.262 e. The van der Waals surface area contributed by atoms with Gasteiger partial charge in [0, 0.05) is 19.7 Å². The number of amides is 2. The number of carbonyl (C=O) groups is 2. The summed E-state index contributed by atoms with van der Waals surface area (Å²) in [5.74, 6) is 0.531. The number of nitrogens with one attached hydrogen (secondary N) is 1. The summed E-state index contributed by atoms with van der Waals surface area (Å²) in [7, 11) is 3.33. The van der Waals surface area contributed by atoms with Crippen LogP contribution in [0.15, 0.2) is 42.5 Å². The molecular formula is C21H25ClN2O3. The highest BCUT2D eigenvalue weighted by molar-refractivity contribution is 6.33. The number of hydrogen-bond acceptors (Lipinski definition) is 3. The van der Waals surface area contributed by atoms with Crippen molar-refractivity contribution >= 4 is 29.1 Å². The molecule has 0 heterocycles. The van der Waals surface area contributed by atoms with Gasteiger partial charge in [-0.05, 0) is 42.2 Å². The Morgan fingerprint density at radius 1 is 1.19 bits per heavy atom. The molecule has 5 nitrogen and oxygen atoms in total. The second-order valence-electron chi connectivity index (χ2n) is 6.58. The Hall–Kier alpha value is -2.53. The first-order chi connectivity index (χ1) is 12.8. The second kappa shape index (κ2) is 9.42. The van der Waals surface area contributed by atoms with Crippen molar-refractivity contribution in [1.82, 2.24) is 4.90 Å². The largest absolute Gasteiger partial charge is 0.483 e. The van der Waals surface area contributed by atoms with Gasteiger partial charge in [0.15, 0.2) is 6.61 Å². The van der Waals surface area contributed by atoms with Gasteiger partial charge in [0.25, 0.3) is 11.8 Å². The van der Waals surface area contributed by atoms with Gasteiger partial charge >= 0.3 is 0 Å². The lowest BCUT2D eigenvalue weighted by Gasteiger charge is -2.16. The van der Waals surface area contributed by atoms with Gasteiger partial charge in [-0.3, -0.25) is 9.59 Å². The molecule has 0 fully saturated rings. The quantitative estimate of drug-likeness (QED) is 0.755. The van der Waals surface area contributed by atoms with Crippen molar-refractivity contribution in [3.05, 3.63) is 58.6 Å². The molecular weight excluding hydrogens is 364 g/mol. The van der Waals surface area contributed by atoms with E-state index < -0.39 is 0 Å². The molecule has 2 amide bonds. The number of carbonyl (C=O) groups excluding carboxylic acids is 2. The van der Waals surface area contributed by atoms with Crippen molar-refractivity contribution in [3.8, 4) is 5.75 Å². The molecule has 1 N–H and O–H groups in total. The lowest BCUT2D eigenvalue weighted by molar-refractivity contribution is -0.118. The third-order valence-corrected chi connectivity index (χ3v) is 4.64. The fourth-order valence-corrected chi connectivity index (χ4v) is 2.75. The normalized spacial score (nSPS) is 11.6. The van der Waals surface area contributed by atoms with Gasteiger partial charge in [-0.1, -0.05) is 43.6 Å². The van der Waals surface area contributed by atoms with Crippen molar-refractivity contribution in [3.63, 3.8) is 0 Å². The molecule has 2 aromatic rings. The molecule has 0 aliphatic heterocycles. The lowest BCUT2D eigenvalue weighted by Crippen LogP contribution is -2.23. The van der Waals surface area contributed by atoms with Gasteiger partial charge < -0.3 is 15.0 Å². The molecule has 6 heteroatoms. The number of benzene rings is 2. The molecule has 0 aliphatic rings. The Bertz CT molecular complexity index is 821. The van der Waals surface area contributed by atoms with E-state index in [0.29, 0.717) is 27.9 Å². The fraction of sp³-hybridized carbons (Fsp3) is 0.333. The zero-order valence-corrected chi connectivity index (χ0v) is 16.8. The van der Waals surface area contributed by atoms with E-state index >= 15 is 0 Å². The van der Waals surface area contributed by atoms with Gasteiger partial charge in [0.1, 0.15) is 5.75 Å². The maximum Gasteiger partial charge on any atom is 0.262 e. The molecule has 0 spiro atoms. The fourth-order valence-electron chi connectivity index (χ4n) is 2.58. The summed E-state index contributed by atoms with van der Waals surface area (Å²) in [5, 5.41) is 3.07. The number of nitrogens with zero attached hydrogens (tertiary/aromatic N) is 1. The zero-order chi connectivity index (χ0) is 20.0. The molecule has 0 saturated heterocycles. The lowest BCUT2D eigenvalue weighted by atomic mass is 9.98. The predicted molar refractivity (Wildman–Crippen MR) is 109 cm³/mol. The summed E-state index contributed by atoms with van der Waals surface area (Å²) in [5.41, 5.74) is 1.90. The van der Waals surface area contributed by atoms with E-state index in [2.05, 4.69) is 19.2 Å². The maximum absolute atomic E-state index is 12.3. The molecule has 0 radical (unpaired) electrons. The van der Waals surface area contributed by atoms with Crippen molar-refractivity contribution in [2.75, 3.05) is 26.0 Å². The van der Waals surface area contributed by atoms with E-state index in [1.165, 1.54) is 4.90 Å². The summed E-state index contributed by atoms with van der Waals surface area (Å²) in [4.78, 5) is 25.9. The first kappa shape index (κ1) is 20.8. The number of halogens is 1. The number of hydrogen-bond donors (Lipinski definition) is 1. The van der Waals surface area contributed by atoms with Crippen LogP contribution in [0.3, 0.4) is 0 Å². The van der Waals surface area contributed by atoms with E-state index in [-0.39, 0.29) is 18.4 Å². The second-order valence-corrected chi connectivity index (χ2v) is 6.99. The number of rotatable bonds is 7. The molecule has 0 aliphatic carbocycles. The molecule has 1 atom stereocenters. The van der Waals surface area contributed by atoms with Crippen LogP contribution < -0.4 is 10.1 Å². The van der Waals surface area contributed by atoms with E-state index in [1.807, 2.05) is 24.3 Å². The van der Waals surface area contributed by atoms with Crippen molar-refractivity contribution in [2.45, 2.75) is 26.2 Å². The summed E-state index contributed by atoms with van der Waals surface area (Å²) in [6.07, 6.45) is 0.981. The molecule has 27 heavy (non-hydrogen) atoms. The first-order valence-corrected chi connectivity index (χ1v) is 9.24. The average Bonchev–Trinajstić information content (AvgIpc) is 2.67. The Morgan fingerprint density at radius 2 is 1.89 bits per heavy atom. The highest BCUT2D eigenvalue weighted by atomic mass is 35.5. The van der Waals surface area contributed by atoms with Crippen LogP contribution in [0, 0.1) is 0 Å².